The lowest BCUT2D eigenvalue weighted by molar-refractivity contribution is 1.20. The molecule has 0 unspecified atom stereocenters. The molecule has 2 aromatic rings. The van der Waals surface area contributed by atoms with Gasteiger partial charge in [-0.1, -0.05) is 17.7 Å². The number of halogens is 2. The van der Waals surface area contributed by atoms with E-state index in [1.54, 1.807) is 12.1 Å². The van der Waals surface area contributed by atoms with E-state index in [4.69, 9.17) is 28.5 Å². The fraction of sp³-hybridized carbons (Fsp3) is 0.133. The van der Waals surface area contributed by atoms with Gasteiger partial charge in [-0.2, -0.15) is 5.26 Å². The Labute approximate surface area is 122 Å². The molecule has 0 amide bonds. The summed E-state index contributed by atoms with van der Waals surface area (Å²) in [5, 5.41) is 9.45. The number of rotatable bonds is 3. The van der Waals surface area contributed by atoms with Gasteiger partial charge in [0.1, 0.15) is 0 Å². The van der Waals surface area contributed by atoms with E-state index in [2.05, 4.69) is 6.07 Å². The lowest BCUT2D eigenvalue weighted by Crippen LogP contribution is -2.10. The number of hydrogen-bond donors (Lipinski definition) is 0. The Bertz CT molecular complexity index is 615. The summed E-state index contributed by atoms with van der Waals surface area (Å²) in [5.41, 5.74) is 3.50. The highest BCUT2D eigenvalue weighted by atomic mass is 35.5. The molecular weight excluding hydrogens is 279 g/mol. The third-order valence-corrected chi connectivity index (χ3v) is 3.52. The summed E-state index contributed by atoms with van der Waals surface area (Å²) in [7, 11) is 1.93. The average Bonchev–Trinajstić information content (AvgIpc) is 2.46. The molecule has 0 saturated heterocycles. The molecule has 19 heavy (non-hydrogen) atoms. The lowest BCUT2D eigenvalue weighted by Gasteiger charge is -2.21. The standard InChI is InChI=1S/C15H12Cl2N2/c1-19(13-5-2-11(10-18)3-6-13)15-7-4-12(9-16)8-14(15)17/h2-8H,9H2,1H3. The van der Waals surface area contributed by atoms with Crippen LogP contribution in [0.2, 0.25) is 5.02 Å². The Hall–Kier alpha value is -1.69. The van der Waals surface area contributed by atoms with E-state index in [0.29, 0.717) is 16.5 Å². The van der Waals surface area contributed by atoms with E-state index in [1.165, 1.54) is 0 Å². The van der Waals surface area contributed by atoms with Gasteiger partial charge >= 0.3 is 0 Å². The highest BCUT2D eigenvalue weighted by Crippen LogP contribution is 2.31. The Balaban J connectivity index is 2.32. The predicted molar refractivity (Wildman–Crippen MR) is 80.2 cm³/mol. The minimum absolute atomic E-state index is 0.445. The molecule has 4 heteroatoms. The van der Waals surface area contributed by atoms with Gasteiger partial charge in [0, 0.05) is 18.6 Å². The first kappa shape index (κ1) is 13.7. The van der Waals surface area contributed by atoms with E-state index in [1.807, 2.05) is 42.3 Å². The molecule has 0 aliphatic rings. The highest BCUT2D eigenvalue weighted by Gasteiger charge is 2.08. The molecule has 2 nitrogen and oxygen atoms in total. The van der Waals surface area contributed by atoms with Gasteiger partial charge in [-0.3, -0.25) is 0 Å². The molecule has 2 rings (SSSR count). The van der Waals surface area contributed by atoms with Crippen LogP contribution in [-0.2, 0) is 5.88 Å². The van der Waals surface area contributed by atoms with Gasteiger partial charge in [0.2, 0.25) is 0 Å². The maximum Gasteiger partial charge on any atom is 0.0991 e. The molecular formula is C15H12Cl2N2. The van der Waals surface area contributed by atoms with E-state index in [-0.39, 0.29) is 0 Å². The summed E-state index contributed by atoms with van der Waals surface area (Å²) in [5.74, 6) is 0.445. The van der Waals surface area contributed by atoms with E-state index < -0.39 is 0 Å². The van der Waals surface area contributed by atoms with Gasteiger partial charge in [0.25, 0.3) is 0 Å². The highest BCUT2D eigenvalue weighted by molar-refractivity contribution is 6.33. The number of benzene rings is 2. The van der Waals surface area contributed by atoms with Crippen molar-refractivity contribution in [1.82, 2.24) is 0 Å². The van der Waals surface area contributed by atoms with E-state index >= 15 is 0 Å². The fourth-order valence-electron chi connectivity index (χ4n) is 1.80. The topological polar surface area (TPSA) is 27.0 Å². The van der Waals surface area contributed by atoms with E-state index in [0.717, 1.165) is 16.9 Å². The Kier molecular flexibility index (Phi) is 4.31. The SMILES string of the molecule is CN(c1ccc(C#N)cc1)c1ccc(CCl)cc1Cl. The fourth-order valence-corrected chi connectivity index (χ4v) is 2.30. The second-order valence-corrected chi connectivity index (χ2v) is 4.81. The molecule has 0 fully saturated rings. The minimum atomic E-state index is 0.445. The molecule has 0 heterocycles. The minimum Gasteiger partial charge on any atom is -0.343 e. The summed E-state index contributed by atoms with van der Waals surface area (Å²) >= 11 is 12.0. The maximum atomic E-state index is 8.79. The second-order valence-electron chi connectivity index (χ2n) is 4.14. The van der Waals surface area contributed by atoms with Crippen LogP contribution >= 0.6 is 23.2 Å². The van der Waals surface area contributed by atoms with Gasteiger partial charge in [0.15, 0.2) is 0 Å². The van der Waals surface area contributed by atoms with Gasteiger partial charge in [-0.25, -0.2) is 0 Å². The molecule has 0 saturated carbocycles. The van der Waals surface area contributed by atoms with Crippen LogP contribution in [0.3, 0.4) is 0 Å². The van der Waals surface area contributed by atoms with Crippen molar-refractivity contribution in [3.05, 3.63) is 58.6 Å². The first-order valence-corrected chi connectivity index (χ1v) is 6.65. The van der Waals surface area contributed by atoms with Crippen molar-refractivity contribution in [3.63, 3.8) is 0 Å². The van der Waals surface area contributed by atoms with Crippen molar-refractivity contribution >= 4 is 34.6 Å². The molecule has 0 bridgehead atoms. The van der Waals surface area contributed by atoms with Crippen LogP contribution in [-0.4, -0.2) is 7.05 Å². The van der Waals surface area contributed by atoms with Crippen LogP contribution in [0.5, 0.6) is 0 Å². The second kappa shape index (κ2) is 5.97. The third-order valence-electron chi connectivity index (χ3n) is 2.91. The van der Waals surface area contributed by atoms with Gasteiger partial charge in [-0.15, -0.1) is 11.6 Å². The van der Waals surface area contributed by atoms with Crippen molar-refractivity contribution in [2.24, 2.45) is 0 Å². The van der Waals surface area contributed by atoms with Gasteiger partial charge < -0.3 is 4.90 Å². The number of alkyl halides is 1. The quantitative estimate of drug-likeness (QED) is 0.765. The molecule has 0 N–H and O–H groups in total. The van der Waals surface area contributed by atoms with Crippen LogP contribution in [0, 0.1) is 11.3 Å². The summed E-state index contributed by atoms with van der Waals surface area (Å²) in [6.45, 7) is 0. The summed E-state index contributed by atoms with van der Waals surface area (Å²) < 4.78 is 0. The lowest BCUT2D eigenvalue weighted by atomic mass is 10.2. The zero-order chi connectivity index (χ0) is 13.8. The van der Waals surface area contributed by atoms with Crippen LogP contribution in [0.1, 0.15) is 11.1 Å². The van der Waals surface area contributed by atoms with Crippen molar-refractivity contribution in [1.29, 1.82) is 5.26 Å². The summed E-state index contributed by atoms with van der Waals surface area (Å²) in [6, 6.07) is 15.2. The van der Waals surface area contributed by atoms with Crippen LogP contribution < -0.4 is 4.90 Å². The third kappa shape index (κ3) is 3.01. The Morgan fingerprint density at radius 2 is 1.84 bits per heavy atom. The average molecular weight is 291 g/mol. The Morgan fingerprint density at radius 1 is 1.16 bits per heavy atom. The normalized spacial score (nSPS) is 10.0. The van der Waals surface area contributed by atoms with E-state index in [9.17, 15) is 0 Å². The van der Waals surface area contributed by atoms with Crippen molar-refractivity contribution in [2.75, 3.05) is 11.9 Å². The number of nitriles is 1. The molecule has 0 aliphatic heterocycles. The maximum absolute atomic E-state index is 8.79. The number of hydrogen-bond acceptors (Lipinski definition) is 2. The predicted octanol–water partition coefficient (Wildman–Crippen LogP) is 4.72. The summed E-state index contributed by atoms with van der Waals surface area (Å²) in [4.78, 5) is 1.97. The summed E-state index contributed by atoms with van der Waals surface area (Å²) in [6.07, 6.45) is 0. The monoisotopic (exact) mass is 290 g/mol. The zero-order valence-electron chi connectivity index (χ0n) is 10.4. The molecule has 0 atom stereocenters. The smallest absolute Gasteiger partial charge is 0.0991 e. The molecule has 2 aromatic carbocycles. The molecule has 96 valence electrons. The molecule has 0 radical (unpaired) electrons. The van der Waals surface area contributed by atoms with Gasteiger partial charge in [-0.05, 0) is 42.0 Å². The first-order valence-electron chi connectivity index (χ1n) is 5.74. The van der Waals surface area contributed by atoms with Gasteiger partial charge in [0.05, 0.1) is 22.3 Å². The molecule has 0 spiro atoms. The van der Waals surface area contributed by atoms with Crippen LogP contribution in [0.15, 0.2) is 42.5 Å². The zero-order valence-corrected chi connectivity index (χ0v) is 11.9. The first-order chi connectivity index (χ1) is 9.15. The van der Waals surface area contributed by atoms with Crippen molar-refractivity contribution < 1.29 is 0 Å². The molecule has 0 aliphatic carbocycles. The van der Waals surface area contributed by atoms with Crippen LogP contribution in [0.4, 0.5) is 11.4 Å². The van der Waals surface area contributed by atoms with Crippen LogP contribution in [0.25, 0.3) is 0 Å². The Morgan fingerprint density at radius 3 is 2.37 bits per heavy atom. The van der Waals surface area contributed by atoms with Crippen molar-refractivity contribution in [3.8, 4) is 6.07 Å². The number of nitrogens with zero attached hydrogens (tertiary/aromatic N) is 2. The van der Waals surface area contributed by atoms with Crippen molar-refractivity contribution in [2.45, 2.75) is 5.88 Å². The number of anilines is 2. The molecule has 0 aromatic heterocycles. The largest absolute Gasteiger partial charge is 0.343 e.